The van der Waals surface area contributed by atoms with Gasteiger partial charge in [0, 0.05) is 30.4 Å². The van der Waals surface area contributed by atoms with Crippen molar-refractivity contribution in [1.82, 2.24) is 24.6 Å². The van der Waals surface area contributed by atoms with Gasteiger partial charge in [0.05, 0.1) is 29.7 Å². The van der Waals surface area contributed by atoms with Crippen LogP contribution in [0.1, 0.15) is 22.0 Å². The van der Waals surface area contributed by atoms with Crippen LogP contribution in [-0.4, -0.2) is 50.8 Å². The molecule has 0 unspecified atom stereocenters. The first kappa shape index (κ1) is 23.3. The molecule has 0 radical (unpaired) electrons. The van der Waals surface area contributed by atoms with Crippen LogP contribution < -0.4 is 11.0 Å². The zero-order valence-corrected chi connectivity index (χ0v) is 19.4. The second-order valence-electron chi connectivity index (χ2n) is 7.64. The van der Waals surface area contributed by atoms with Crippen LogP contribution in [-0.2, 0) is 11.3 Å². The molecular formula is C24H22ClN5O4. The van der Waals surface area contributed by atoms with Crippen LogP contribution in [0.5, 0.6) is 0 Å². The Morgan fingerprint density at radius 1 is 1.15 bits per heavy atom. The fraction of sp³-hybridized carbons (Fsp3) is 0.208. The van der Waals surface area contributed by atoms with Crippen LogP contribution in [0.2, 0.25) is 5.02 Å². The summed E-state index contributed by atoms with van der Waals surface area (Å²) < 4.78 is 6.65. The molecule has 4 rings (SSSR count). The fourth-order valence-electron chi connectivity index (χ4n) is 3.53. The van der Waals surface area contributed by atoms with Crippen molar-refractivity contribution >= 4 is 28.4 Å². The summed E-state index contributed by atoms with van der Waals surface area (Å²) in [6.45, 7) is 2.09. The first-order valence-corrected chi connectivity index (χ1v) is 10.9. The van der Waals surface area contributed by atoms with Crippen molar-refractivity contribution in [1.29, 1.82) is 0 Å². The molecule has 0 aliphatic carbocycles. The number of nitrogens with zero attached hydrogens (tertiary/aromatic N) is 4. The number of hydrogen-bond acceptors (Lipinski definition) is 6. The number of H-pyrrole nitrogens is 1. The predicted molar refractivity (Wildman–Crippen MR) is 129 cm³/mol. The molecule has 34 heavy (non-hydrogen) atoms. The summed E-state index contributed by atoms with van der Waals surface area (Å²) in [5.74, 6) is -0.307. The van der Waals surface area contributed by atoms with E-state index in [0.29, 0.717) is 33.1 Å². The largest absolute Gasteiger partial charge is 0.383 e. The molecule has 1 amide bonds. The third kappa shape index (κ3) is 4.90. The Labute approximate surface area is 199 Å². The maximum absolute atomic E-state index is 13.4. The van der Waals surface area contributed by atoms with Gasteiger partial charge in [0.25, 0.3) is 11.5 Å². The lowest BCUT2D eigenvalue weighted by Gasteiger charge is -2.22. The quantitative estimate of drug-likeness (QED) is 0.436. The topological polar surface area (TPSA) is 110 Å². The number of fused-ring (bicyclic) bond motifs is 1. The number of aryl methyl sites for hydroxylation is 1. The normalized spacial score (nSPS) is 11.0. The number of ether oxygens (including phenoxy) is 1. The first-order chi connectivity index (χ1) is 16.4. The van der Waals surface area contributed by atoms with Crippen molar-refractivity contribution in [2.75, 3.05) is 20.3 Å². The van der Waals surface area contributed by atoms with Crippen molar-refractivity contribution in [2.24, 2.45) is 0 Å². The molecule has 0 atom stereocenters. The molecule has 2 heterocycles. The van der Waals surface area contributed by atoms with Crippen LogP contribution in [0.3, 0.4) is 0 Å². The zero-order valence-electron chi connectivity index (χ0n) is 18.6. The van der Waals surface area contributed by atoms with Crippen molar-refractivity contribution in [3.05, 3.63) is 97.4 Å². The molecule has 2 aromatic carbocycles. The first-order valence-electron chi connectivity index (χ1n) is 10.5. The third-order valence-electron chi connectivity index (χ3n) is 5.24. The second-order valence-corrected chi connectivity index (χ2v) is 8.07. The smallest absolute Gasteiger partial charge is 0.278 e. The number of methoxy groups -OCH3 is 1. The minimum absolute atomic E-state index is 0.0296. The molecular weight excluding hydrogens is 458 g/mol. The average molecular weight is 480 g/mol. The van der Waals surface area contributed by atoms with E-state index < -0.39 is 11.3 Å². The highest BCUT2D eigenvalue weighted by Crippen LogP contribution is 2.15. The molecule has 0 fully saturated rings. The average Bonchev–Trinajstić information content (AvgIpc) is 2.82. The van der Waals surface area contributed by atoms with Gasteiger partial charge in [-0.2, -0.15) is 5.10 Å². The maximum atomic E-state index is 13.4. The molecule has 0 spiro atoms. The lowest BCUT2D eigenvalue weighted by Crippen LogP contribution is -2.38. The molecule has 9 nitrogen and oxygen atoms in total. The van der Waals surface area contributed by atoms with Crippen molar-refractivity contribution < 1.29 is 9.53 Å². The van der Waals surface area contributed by atoms with E-state index in [1.807, 2.05) is 0 Å². The fourth-order valence-corrected chi connectivity index (χ4v) is 3.66. The standard InChI is InChI=1S/C24H22ClN5O4/c1-15-13-20(31)22(28-30(15)17-9-7-16(25)8-10-17)24(33)29(11-12-34-2)14-21-26-19-6-4-3-5-18(19)23(32)27-21/h3-10,13H,11-12,14H2,1-2H3,(H,26,27,32). The lowest BCUT2D eigenvalue weighted by molar-refractivity contribution is 0.0666. The van der Waals surface area contributed by atoms with E-state index in [1.54, 1.807) is 55.5 Å². The van der Waals surface area contributed by atoms with Crippen molar-refractivity contribution in [3.8, 4) is 5.69 Å². The minimum Gasteiger partial charge on any atom is -0.383 e. The molecule has 0 saturated carbocycles. The van der Waals surface area contributed by atoms with Gasteiger partial charge in [-0.1, -0.05) is 23.7 Å². The number of carbonyl (C=O) groups excluding carboxylic acids is 1. The van der Waals surface area contributed by atoms with Gasteiger partial charge in [-0.05, 0) is 43.3 Å². The van der Waals surface area contributed by atoms with Crippen LogP contribution in [0, 0.1) is 6.92 Å². The van der Waals surface area contributed by atoms with E-state index in [9.17, 15) is 14.4 Å². The molecule has 4 aromatic rings. The number of hydrogen-bond donors (Lipinski definition) is 1. The monoisotopic (exact) mass is 479 g/mol. The SMILES string of the molecule is COCCN(Cc1nc2ccccc2c(=O)[nH]1)C(=O)c1nn(-c2ccc(Cl)cc2)c(C)cc1=O. The van der Waals surface area contributed by atoms with E-state index in [2.05, 4.69) is 15.1 Å². The predicted octanol–water partition coefficient (Wildman–Crippen LogP) is 2.72. The van der Waals surface area contributed by atoms with E-state index in [4.69, 9.17) is 16.3 Å². The van der Waals surface area contributed by atoms with Crippen molar-refractivity contribution in [3.63, 3.8) is 0 Å². The minimum atomic E-state index is -0.597. The summed E-state index contributed by atoms with van der Waals surface area (Å²) in [4.78, 5) is 47.2. The molecule has 10 heteroatoms. The number of para-hydroxylation sites is 1. The van der Waals surface area contributed by atoms with Crippen LogP contribution in [0.4, 0.5) is 0 Å². The van der Waals surface area contributed by atoms with E-state index >= 15 is 0 Å². The van der Waals surface area contributed by atoms with Gasteiger partial charge in [0.1, 0.15) is 5.82 Å². The van der Waals surface area contributed by atoms with Gasteiger partial charge in [0.2, 0.25) is 5.43 Å². The Kier molecular flexibility index (Phi) is 6.85. The zero-order chi connectivity index (χ0) is 24.2. The molecule has 2 aromatic heterocycles. The number of rotatable bonds is 7. The number of benzene rings is 2. The number of nitrogens with one attached hydrogen (secondary N) is 1. The molecule has 0 aliphatic heterocycles. The molecule has 174 valence electrons. The summed E-state index contributed by atoms with van der Waals surface area (Å²) in [5.41, 5.74) is 0.667. The molecule has 0 saturated heterocycles. The number of halogens is 1. The van der Waals surface area contributed by atoms with Gasteiger partial charge in [0.15, 0.2) is 5.69 Å². The van der Waals surface area contributed by atoms with Gasteiger partial charge >= 0.3 is 0 Å². The summed E-state index contributed by atoms with van der Waals surface area (Å²) in [7, 11) is 1.51. The van der Waals surface area contributed by atoms with E-state index in [-0.39, 0.29) is 30.9 Å². The maximum Gasteiger partial charge on any atom is 0.278 e. The summed E-state index contributed by atoms with van der Waals surface area (Å²) >= 11 is 5.98. The highest BCUT2D eigenvalue weighted by molar-refractivity contribution is 6.30. The summed E-state index contributed by atoms with van der Waals surface area (Å²) in [6.07, 6.45) is 0. The van der Waals surface area contributed by atoms with Crippen molar-refractivity contribution in [2.45, 2.75) is 13.5 Å². The van der Waals surface area contributed by atoms with Gasteiger partial charge in [-0.15, -0.1) is 0 Å². The number of aromatic nitrogens is 4. The van der Waals surface area contributed by atoms with Crippen LogP contribution >= 0.6 is 11.6 Å². The number of aromatic amines is 1. The highest BCUT2D eigenvalue weighted by Gasteiger charge is 2.23. The van der Waals surface area contributed by atoms with E-state index in [0.717, 1.165) is 0 Å². The number of carbonyl (C=O) groups is 1. The third-order valence-corrected chi connectivity index (χ3v) is 5.49. The Bertz CT molecular complexity index is 1460. The van der Waals surface area contributed by atoms with Crippen LogP contribution in [0.15, 0.2) is 64.2 Å². The summed E-state index contributed by atoms with van der Waals surface area (Å²) in [6, 6.07) is 15.2. The highest BCUT2D eigenvalue weighted by atomic mass is 35.5. The van der Waals surface area contributed by atoms with Gasteiger partial charge in [-0.25, -0.2) is 9.67 Å². The van der Waals surface area contributed by atoms with Gasteiger partial charge < -0.3 is 14.6 Å². The summed E-state index contributed by atoms with van der Waals surface area (Å²) in [5, 5.41) is 5.35. The van der Waals surface area contributed by atoms with Gasteiger partial charge in [-0.3, -0.25) is 14.4 Å². The van der Waals surface area contributed by atoms with E-state index in [1.165, 1.54) is 22.8 Å². The molecule has 0 bridgehead atoms. The Morgan fingerprint density at radius 2 is 1.88 bits per heavy atom. The number of amides is 1. The Morgan fingerprint density at radius 3 is 2.62 bits per heavy atom. The second kappa shape index (κ2) is 9.98. The Balaban J connectivity index is 1.72. The Hall–Kier alpha value is -3.82. The lowest BCUT2D eigenvalue weighted by atomic mass is 10.2. The van der Waals surface area contributed by atoms with Crippen LogP contribution in [0.25, 0.3) is 16.6 Å². The molecule has 1 N–H and O–H groups in total. The molecule has 0 aliphatic rings.